The van der Waals surface area contributed by atoms with Crippen molar-refractivity contribution in [2.45, 2.75) is 18.9 Å². The van der Waals surface area contributed by atoms with Crippen LogP contribution in [0.4, 0.5) is 0 Å². The van der Waals surface area contributed by atoms with Gasteiger partial charge < -0.3 is 25.1 Å². The van der Waals surface area contributed by atoms with Crippen LogP contribution in [0, 0.1) is 5.41 Å². The van der Waals surface area contributed by atoms with Gasteiger partial charge in [0.2, 0.25) is 0 Å². The fraction of sp³-hybridized carbons (Fsp3) is 0.125. The molecule has 3 N–H and O–H groups in total. The molecule has 0 amide bonds. The molecule has 0 saturated carbocycles. The summed E-state index contributed by atoms with van der Waals surface area (Å²) in [4.78, 5) is 24.4. The molecule has 5 rings (SSSR count). The summed E-state index contributed by atoms with van der Waals surface area (Å²) in [6.07, 6.45) is -0.0307. The first-order chi connectivity index (χ1) is 14.8. The number of hydrogen-bond acceptors (Lipinski definition) is 7. The number of ether oxygens (including phenoxy) is 2. The average molecular weight is 415 g/mol. The molecule has 2 heterocycles. The molecule has 2 aliphatic rings. The minimum Gasteiger partial charge on any atom is -0.508 e. The van der Waals surface area contributed by atoms with Crippen LogP contribution in [-0.2, 0) is 15.1 Å². The zero-order valence-corrected chi connectivity index (χ0v) is 16.4. The Hall–Kier alpha value is -4.13. The number of carbonyl (C=O) groups excluding carboxylic acids is 2. The van der Waals surface area contributed by atoms with Crippen LogP contribution in [0.2, 0.25) is 0 Å². The number of fused-ring (bicyclic) bond motifs is 6. The summed E-state index contributed by atoms with van der Waals surface area (Å²) in [5.74, 6) is -0.159. The second-order valence-electron chi connectivity index (χ2n) is 7.65. The minimum atomic E-state index is -1.34. The summed E-state index contributed by atoms with van der Waals surface area (Å²) >= 11 is 0. The monoisotopic (exact) mass is 415 g/mol. The predicted molar refractivity (Wildman–Crippen MR) is 110 cm³/mol. The first-order valence-corrected chi connectivity index (χ1v) is 9.59. The molecule has 0 bridgehead atoms. The fourth-order valence-corrected chi connectivity index (χ4v) is 4.24. The van der Waals surface area contributed by atoms with Crippen molar-refractivity contribution in [3.63, 3.8) is 0 Å². The van der Waals surface area contributed by atoms with E-state index < -0.39 is 11.6 Å². The van der Waals surface area contributed by atoms with Crippen LogP contribution in [0.3, 0.4) is 0 Å². The van der Waals surface area contributed by atoms with Gasteiger partial charge in [0.25, 0.3) is 0 Å². The molecular weight excluding hydrogens is 398 g/mol. The number of nitrogens with one attached hydrogen (secondary N) is 1. The van der Waals surface area contributed by atoms with E-state index >= 15 is 0 Å². The van der Waals surface area contributed by atoms with Gasteiger partial charge in [0, 0.05) is 41.0 Å². The third-order valence-electron chi connectivity index (χ3n) is 5.55. The number of hydrogen-bond donors (Lipinski definition) is 3. The molecular formula is C24H17NO6. The van der Waals surface area contributed by atoms with Gasteiger partial charge in [-0.15, -0.1) is 0 Å². The van der Waals surface area contributed by atoms with Crippen molar-refractivity contribution in [3.8, 4) is 23.0 Å². The smallest absolute Gasteiger partial charge is 0.340 e. The van der Waals surface area contributed by atoms with Gasteiger partial charge >= 0.3 is 5.97 Å². The van der Waals surface area contributed by atoms with E-state index in [2.05, 4.69) is 0 Å². The summed E-state index contributed by atoms with van der Waals surface area (Å²) in [6.45, 7) is 1.41. The van der Waals surface area contributed by atoms with Gasteiger partial charge in [0.15, 0.2) is 5.60 Å². The first kappa shape index (κ1) is 18.9. The maximum Gasteiger partial charge on any atom is 0.340 e. The Balaban J connectivity index is 1.76. The molecule has 0 fully saturated rings. The van der Waals surface area contributed by atoms with E-state index in [1.54, 1.807) is 30.3 Å². The summed E-state index contributed by atoms with van der Waals surface area (Å²) in [5, 5.41) is 28.1. The van der Waals surface area contributed by atoms with Crippen molar-refractivity contribution in [3.05, 3.63) is 82.4 Å². The van der Waals surface area contributed by atoms with Crippen LogP contribution >= 0.6 is 0 Å². The second kappa shape index (κ2) is 6.43. The van der Waals surface area contributed by atoms with E-state index in [0.717, 1.165) is 0 Å². The summed E-state index contributed by atoms with van der Waals surface area (Å²) in [6, 6.07) is 14.0. The number of phenols is 2. The number of benzene rings is 3. The molecule has 3 aromatic rings. The predicted octanol–water partition coefficient (Wildman–Crippen LogP) is 4.01. The number of rotatable bonds is 3. The number of phenolic OH excluding ortho intramolecular Hbond substituents is 2. The lowest BCUT2D eigenvalue weighted by atomic mass is 9.77. The highest BCUT2D eigenvalue weighted by atomic mass is 16.6. The Kier molecular flexibility index (Phi) is 3.92. The standard InChI is InChI=1S/C24H17NO6/c1-12(26)8-20(25)13-2-5-17-16(9-13)23(29)31-24(17)18-6-3-14(27)10-21(18)30-22-11-15(28)4-7-19(22)24/h2-7,9-11,25,27-28H,8H2,1H3. The van der Waals surface area contributed by atoms with E-state index in [1.807, 2.05) is 0 Å². The highest BCUT2D eigenvalue weighted by molar-refractivity contribution is 6.10. The molecule has 7 nitrogen and oxygen atoms in total. The zero-order valence-electron chi connectivity index (χ0n) is 16.4. The molecule has 0 radical (unpaired) electrons. The van der Waals surface area contributed by atoms with Crippen molar-refractivity contribution in [1.29, 1.82) is 5.41 Å². The van der Waals surface area contributed by atoms with Crippen LogP contribution in [0.1, 0.15) is 46.0 Å². The van der Waals surface area contributed by atoms with Gasteiger partial charge in [-0.25, -0.2) is 4.79 Å². The lowest BCUT2D eigenvalue weighted by Crippen LogP contribution is -2.32. The maximum atomic E-state index is 13.0. The molecule has 0 saturated heterocycles. The van der Waals surface area contributed by atoms with Crippen molar-refractivity contribution in [2.75, 3.05) is 0 Å². The molecule has 0 aliphatic carbocycles. The van der Waals surface area contributed by atoms with Gasteiger partial charge in [-0.1, -0.05) is 12.1 Å². The van der Waals surface area contributed by atoms with E-state index in [9.17, 15) is 19.8 Å². The Morgan fingerprint density at radius 2 is 1.52 bits per heavy atom. The number of ketones is 1. The molecule has 0 aromatic heterocycles. The van der Waals surface area contributed by atoms with Gasteiger partial charge in [0.1, 0.15) is 28.8 Å². The van der Waals surface area contributed by atoms with Crippen molar-refractivity contribution < 1.29 is 29.3 Å². The largest absolute Gasteiger partial charge is 0.508 e. The normalized spacial score (nSPS) is 14.8. The SMILES string of the molecule is CC(=O)CC(=N)c1ccc2c(c1)C(=O)OC21c2ccc(O)cc2Oc2cc(O)ccc21. The second-order valence-corrected chi connectivity index (χ2v) is 7.65. The van der Waals surface area contributed by atoms with Crippen LogP contribution in [0.25, 0.3) is 0 Å². The fourth-order valence-electron chi connectivity index (χ4n) is 4.24. The summed E-state index contributed by atoms with van der Waals surface area (Å²) in [5.41, 5.74) is 1.14. The first-order valence-electron chi connectivity index (χ1n) is 9.59. The molecule has 1 spiro atoms. The molecule has 7 heteroatoms. The summed E-state index contributed by atoms with van der Waals surface area (Å²) < 4.78 is 11.9. The molecule has 154 valence electrons. The van der Waals surface area contributed by atoms with Crippen LogP contribution in [-0.4, -0.2) is 27.7 Å². The number of Topliss-reactive ketones (excluding diaryl/α,β-unsaturated/α-hetero) is 1. The van der Waals surface area contributed by atoms with E-state index in [4.69, 9.17) is 14.9 Å². The van der Waals surface area contributed by atoms with E-state index in [0.29, 0.717) is 33.8 Å². The van der Waals surface area contributed by atoms with Crippen LogP contribution in [0.5, 0.6) is 23.0 Å². The molecule has 0 atom stereocenters. The van der Waals surface area contributed by atoms with Crippen LogP contribution in [0.15, 0.2) is 54.6 Å². The number of aromatic hydroxyl groups is 2. The minimum absolute atomic E-state index is 0.0184. The third-order valence-corrected chi connectivity index (χ3v) is 5.55. The Bertz CT molecular complexity index is 1260. The van der Waals surface area contributed by atoms with Crippen LogP contribution < -0.4 is 4.74 Å². The topological polar surface area (TPSA) is 117 Å². The summed E-state index contributed by atoms with van der Waals surface area (Å²) in [7, 11) is 0. The molecule has 2 aliphatic heterocycles. The quantitative estimate of drug-likeness (QED) is 0.440. The van der Waals surface area contributed by atoms with Crippen molar-refractivity contribution in [2.24, 2.45) is 0 Å². The molecule has 0 unspecified atom stereocenters. The van der Waals surface area contributed by atoms with Gasteiger partial charge in [-0.2, -0.15) is 0 Å². The third kappa shape index (κ3) is 2.70. The van der Waals surface area contributed by atoms with Gasteiger partial charge in [-0.3, -0.25) is 4.79 Å². The van der Waals surface area contributed by atoms with E-state index in [-0.39, 0.29) is 35.0 Å². The van der Waals surface area contributed by atoms with Gasteiger partial charge in [-0.05, 0) is 42.8 Å². The lowest BCUT2D eigenvalue weighted by molar-refractivity contribution is -0.115. The number of esters is 1. The zero-order chi connectivity index (χ0) is 21.9. The highest BCUT2D eigenvalue weighted by Crippen LogP contribution is 2.57. The van der Waals surface area contributed by atoms with Gasteiger partial charge in [0.05, 0.1) is 5.56 Å². The van der Waals surface area contributed by atoms with Crippen molar-refractivity contribution >= 4 is 17.5 Å². The lowest BCUT2D eigenvalue weighted by Gasteiger charge is -2.36. The maximum absolute atomic E-state index is 13.0. The number of carbonyl (C=O) groups is 2. The highest BCUT2D eigenvalue weighted by Gasteiger charge is 2.53. The van der Waals surface area contributed by atoms with Crippen molar-refractivity contribution in [1.82, 2.24) is 0 Å². The molecule has 31 heavy (non-hydrogen) atoms. The Labute approximate surface area is 177 Å². The Morgan fingerprint density at radius 3 is 2.10 bits per heavy atom. The average Bonchev–Trinajstić information content (AvgIpc) is 2.99. The Morgan fingerprint density at radius 1 is 0.935 bits per heavy atom. The molecule has 3 aromatic carbocycles. The van der Waals surface area contributed by atoms with E-state index in [1.165, 1.54) is 31.2 Å².